The number of hydrogen-bond acceptors (Lipinski definition) is 5. The van der Waals surface area contributed by atoms with Crippen molar-refractivity contribution in [2.24, 2.45) is 5.14 Å². The van der Waals surface area contributed by atoms with Crippen LogP contribution in [0.1, 0.15) is 9.80 Å². The number of hydrogen-bond donors (Lipinski definition) is 2. The van der Waals surface area contributed by atoms with E-state index in [2.05, 4.69) is 10.3 Å². The second kappa shape index (κ2) is 9.20. The minimum atomic E-state index is -3.86. The first-order valence-electron chi connectivity index (χ1n) is 9.27. The van der Waals surface area contributed by atoms with Crippen LogP contribution in [0.15, 0.2) is 71.6 Å². The molecular formula is C22H14Cl2FN3O3S2. The first kappa shape index (κ1) is 23.3. The van der Waals surface area contributed by atoms with Crippen molar-refractivity contribution in [1.82, 2.24) is 4.98 Å². The minimum absolute atomic E-state index is 0.0550. The lowest BCUT2D eigenvalue weighted by Gasteiger charge is -2.04. The van der Waals surface area contributed by atoms with Crippen molar-refractivity contribution in [3.8, 4) is 21.7 Å². The van der Waals surface area contributed by atoms with Gasteiger partial charge in [-0.05, 0) is 48.0 Å². The van der Waals surface area contributed by atoms with Gasteiger partial charge < -0.3 is 5.32 Å². The highest BCUT2D eigenvalue weighted by Crippen LogP contribution is 2.37. The highest BCUT2D eigenvalue weighted by Gasteiger charge is 2.20. The summed E-state index contributed by atoms with van der Waals surface area (Å²) in [6, 6.07) is 16.2. The number of nitrogens with zero attached hydrogens (tertiary/aromatic N) is 1. The van der Waals surface area contributed by atoms with E-state index in [4.69, 9.17) is 28.3 Å². The third-order valence-electron chi connectivity index (χ3n) is 4.50. The number of nitrogens with one attached hydrogen (secondary N) is 1. The number of carbonyl (C=O) groups is 1. The number of nitrogens with two attached hydrogens (primary N) is 1. The molecular weight excluding hydrogens is 508 g/mol. The zero-order valence-electron chi connectivity index (χ0n) is 16.6. The molecule has 0 fully saturated rings. The van der Waals surface area contributed by atoms with Gasteiger partial charge >= 0.3 is 0 Å². The number of sulfonamides is 1. The van der Waals surface area contributed by atoms with Crippen LogP contribution < -0.4 is 10.5 Å². The summed E-state index contributed by atoms with van der Waals surface area (Å²) in [5, 5.41) is 8.73. The highest BCUT2D eigenvalue weighted by molar-refractivity contribution is 7.89. The zero-order chi connectivity index (χ0) is 23.8. The molecule has 6 nitrogen and oxygen atoms in total. The summed E-state index contributed by atoms with van der Waals surface area (Å²) in [5.74, 6) is -0.896. The molecule has 0 aliphatic heterocycles. The summed E-state index contributed by atoms with van der Waals surface area (Å²) in [6.07, 6.45) is 0. The van der Waals surface area contributed by atoms with Gasteiger partial charge in [0.2, 0.25) is 10.0 Å². The maximum Gasteiger partial charge on any atom is 0.284 e. The second-order valence-electron chi connectivity index (χ2n) is 6.89. The normalized spacial score (nSPS) is 11.4. The SMILES string of the molecule is NS(=O)(=O)c1ccc(-c2nc(C(=O)Nc3cc(Cl)cc(Cl)c3)sc2-c2ccc(F)cc2)cc1. The number of rotatable bonds is 5. The Hall–Kier alpha value is -2.82. The summed E-state index contributed by atoms with van der Waals surface area (Å²) in [4.78, 5) is 17.9. The molecule has 0 saturated heterocycles. The van der Waals surface area contributed by atoms with Crippen molar-refractivity contribution in [1.29, 1.82) is 0 Å². The van der Waals surface area contributed by atoms with Gasteiger partial charge in [-0.2, -0.15) is 0 Å². The molecule has 33 heavy (non-hydrogen) atoms. The number of anilines is 1. The Labute approximate surface area is 202 Å². The van der Waals surface area contributed by atoms with Crippen molar-refractivity contribution in [3.05, 3.63) is 87.6 Å². The molecule has 1 aromatic heterocycles. The van der Waals surface area contributed by atoms with E-state index in [1.54, 1.807) is 36.4 Å². The third kappa shape index (κ3) is 5.40. The molecule has 4 rings (SSSR count). The van der Waals surface area contributed by atoms with E-state index >= 15 is 0 Å². The smallest absolute Gasteiger partial charge is 0.284 e. The van der Waals surface area contributed by atoms with E-state index in [9.17, 15) is 17.6 Å². The molecule has 0 aliphatic carbocycles. The maximum atomic E-state index is 13.5. The van der Waals surface area contributed by atoms with E-state index in [0.29, 0.717) is 37.4 Å². The Bertz CT molecular complexity index is 1440. The highest BCUT2D eigenvalue weighted by atomic mass is 35.5. The van der Waals surface area contributed by atoms with Crippen molar-refractivity contribution in [2.45, 2.75) is 4.90 Å². The van der Waals surface area contributed by atoms with E-state index in [1.165, 1.54) is 30.3 Å². The summed E-state index contributed by atoms with van der Waals surface area (Å²) >= 11 is 13.1. The van der Waals surface area contributed by atoms with Crippen LogP contribution in [0.25, 0.3) is 21.7 Å². The standard InChI is InChI=1S/C22H14Cl2FN3O3S2/c23-14-9-15(24)11-17(10-14)27-21(29)22-28-19(12-3-7-18(8-4-12)33(26,30)31)20(32-22)13-1-5-16(25)6-2-13/h1-11H,(H,27,29)(H2,26,30,31). The Morgan fingerprint density at radius 3 is 2.09 bits per heavy atom. The van der Waals surface area contributed by atoms with Crippen LogP contribution in [0.3, 0.4) is 0 Å². The van der Waals surface area contributed by atoms with Gasteiger partial charge in [-0.1, -0.05) is 47.5 Å². The van der Waals surface area contributed by atoms with Gasteiger partial charge in [-0.25, -0.2) is 22.9 Å². The van der Waals surface area contributed by atoms with E-state index in [0.717, 1.165) is 11.3 Å². The first-order valence-corrected chi connectivity index (χ1v) is 12.4. The van der Waals surface area contributed by atoms with E-state index in [-0.39, 0.29) is 9.90 Å². The van der Waals surface area contributed by atoms with Crippen molar-refractivity contribution in [3.63, 3.8) is 0 Å². The largest absolute Gasteiger partial charge is 0.320 e. The van der Waals surface area contributed by atoms with Gasteiger partial charge in [-0.3, -0.25) is 4.79 Å². The summed E-state index contributed by atoms with van der Waals surface area (Å²) in [7, 11) is -3.86. The molecule has 0 atom stereocenters. The van der Waals surface area contributed by atoms with Gasteiger partial charge in [0.1, 0.15) is 5.82 Å². The number of amides is 1. The predicted molar refractivity (Wildman–Crippen MR) is 129 cm³/mol. The van der Waals surface area contributed by atoms with Crippen LogP contribution in [0.2, 0.25) is 10.0 Å². The van der Waals surface area contributed by atoms with Gasteiger partial charge in [0.05, 0.1) is 15.5 Å². The topological polar surface area (TPSA) is 102 Å². The lowest BCUT2D eigenvalue weighted by molar-refractivity contribution is 0.102. The molecule has 168 valence electrons. The number of aromatic nitrogens is 1. The number of carbonyl (C=O) groups excluding carboxylic acids is 1. The molecule has 4 aromatic rings. The third-order valence-corrected chi connectivity index (χ3v) is 6.97. The van der Waals surface area contributed by atoms with E-state index < -0.39 is 21.7 Å². The minimum Gasteiger partial charge on any atom is -0.320 e. The van der Waals surface area contributed by atoms with Crippen LogP contribution in [0.5, 0.6) is 0 Å². The Morgan fingerprint density at radius 2 is 1.52 bits per heavy atom. The fourth-order valence-electron chi connectivity index (χ4n) is 3.02. The molecule has 0 spiro atoms. The van der Waals surface area contributed by atoms with Gasteiger partial charge in [-0.15, -0.1) is 11.3 Å². The molecule has 3 N–H and O–H groups in total. The molecule has 1 heterocycles. The zero-order valence-corrected chi connectivity index (χ0v) is 19.7. The summed E-state index contributed by atoms with van der Waals surface area (Å²) in [6.45, 7) is 0. The number of halogens is 3. The molecule has 0 unspecified atom stereocenters. The van der Waals surface area contributed by atoms with E-state index in [1.807, 2.05) is 0 Å². The number of thiazole rings is 1. The Balaban J connectivity index is 1.76. The fourth-order valence-corrected chi connectivity index (χ4v) is 5.05. The van der Waals surface area contributed by atoms with Gasteiger partial charge in [0, 0.05) is 21.3 Å². The second-order valence-corrected chi connectivity index (χ2v) is 10.3. The van der Waals surface area contributed by atoms with Gasteiger partial charge in [0.25, 0.3) is 5.91 Å². The van der Waals surface area contributed by atoms with Crippen LogP contribution in [-0.2, 0) is 10.0 Å². The maximum absolute atomic E-state index is 13.5. The molecule has 0 bridgehead atoms. The van der Waals surface area contributed by atoms with Crippen LogP contribution in [0.4, 0.5) is 10.1 Å². The van der Waals surface area contributed by atoms with Gasteiger partial charge in [0.15, 0.2) is 5.01 Å². The fraction of sp³-hybridized carbons (Fsp3) is 0. The van der Waals surface area contributed by atoms with Crippen molar-refractivity contribution in [2.75, 3.05) is 5.32 Å². The lowest BCUT2D eigenvalue weighted by Crippen LogP contribution is -2.12. The summed E-state index contributed by atoms with van der Waals surface area (Å²) in [5.41, 5.74) is 2.03. The quantitative estimate of drug-likeness (QED) is 0.345. The van der Waals surface area contributed by atoms with Crippen LogP contribution in [-0.4, -0.2) is 19.3 Å². The molecule has 1 amide bonds. The number of primary sulfonamides is 1. The Morgan fingerprint density at radius 1 is 0.939 bits per heavy atom. The molecule has 0 saturated carbocycles. The molecule has 3 aromatic carbocycles. The van der Waals surface area contributed by atoms with Crippen molar-refractivity contribution >= 4 is 56.2 Å². The van der Waals surface area contributed by atoms with Crippen molar-refractivity contribution < 1.29 is 17.6 Å². The van der Waals surface area contributed by atoms with Crippen LogP contribution >= 0.6 is 34.5 Å². The predicted octanol–water partition coefficient (Wildman–Crippen LogP) is 5.82. The molecule has 0 aliphatic rings. The monoisotopic (exact) mass is 521 g/mol. The Kier molecular flexibility index (Phi) is 6.51. The average molecular weight is 522 g/mol. The first-order chi connectivity index (χ1) is 15.6. The molecule has 11 heteroatoms. The number of benzene rings is 3. The van der Waals surface area contributed by atoms with Crippen LogP contribution in [0, 0.1) is 5.82 Å². The average Bonchev–Trinajstić information content (AvgIpc) is 3.19. The molecule has 0 radical (unpaired) electrons. The lowest BCUT2D eigenvalue weighted by atomic mass is 10.1. The summed E-state index contributed by atoms with van der Waals surface area (Å²) < 4.78 is 36.6.